The summed E-state index contributed by atoms with van der Waals surface area (Å²) < 4.78 is 0. The SMILES string of the molecule is [C-]#[N+]/C=C\c1ccc(C(c2ccc(/C=C/[N+]#[C-])cc2)c2ccc(C(c3ccc(/C=C(/C#N)C(=O)O)cc3)c3ccc(/C=C(\C#N)C(=O)O)cc3)cc2)cc1. The molecule has 2 unspecified atom stereocenters. The van der Waals surface area contributed by atoms with Gasteiger partial charge in [0.15, 0.2) is 12.4 Å². The van der Waals surface area contributed by atoms with E-state index in [1.807, 2.05) is 72.8 Å². The Labute approximate surface area is 313 Å². The Morgan fingerprint density at radius 3 is 0.944 bits per heavy atom. The standard InChI is InChI=1S/C46H30N4O4/c1-49-25-23-31-3-11-35(12-4-31)43(36-13-5-32(6-14-36)24-26-50-2)39-19-21-40(22-20-39)44(37-15-7-33(8-16-37)27-41(29-47)45(51)52)38-17-9-34(10-18-38)28-42(30-48)46(53)54/h3-28,43-44H,(H,51,52)(H,53,54)/b25-23-,26-24+,41-27-,42-28+. The number of nitrogens with zero attached hydrogens (tertiary/aromatic N) is 4. The van der Waals surface area contributed by atoms with E-state index in [2.05, 4.69) is 34.0 Å². The van der Waals surface area contributed by atoms with Gasteiger partial charge in [-0.3, -0.25) is 0 Å². The number of aliphatic carboxylic acids is 2. The van der Waals surface area contributed by atoms with Crippen LogP contribution < -0.4 is 0 Å². The number of carboxylic acids is 2. The van der Waals surface area contributed by atoms with E-state index in [1.54, 1.807) is 48.6 Å². The first kappa shape index (κ1) is 37.2. The Kier molecular flexibility index (Phi) is 12.2. The van der Waals surface area contributed by atoms with Crippen LogP contribution in [0.15, 0.2) is 145 Å². The van der Waals surface area contributed by atoms with Crippen LogP contribution in [-0.2, 0) is 9.59 Å². The van der Waals surface area contributed by atoms with Crippen LogP contribution in [0.25, 0.3) is 34.0 Å². The molecule has 0 aromatic heterocycles. The van der Waals surface area contributed by atoms with Crippen LogP contribution in [-0.4, -0.2) is 22.2 Å². The van der Waals surface area contributed by atoms with Gasteiger partial charge in [0.1, 0.15) is 23.3 Å². The molecule has 0 aliphatic rings. The van der Waals surface area contributed by atoms with Crippen LogP contribution in [0.4, 0.5) is 0 Å². The number of carbonyl (C=O) groups is 2. The third-order valence-electron chi connectivity index (χ3n) is 8.69. The lowest BCUT2D eigenvalue weighted by atomic mass is 9.81. The number of nitriles is 2. The molecule has 0 aliphatic carbocycles. The second-order valence-corrected chi connectivity index (χ2v) is 12.0. The van der Waals surface area contributed by atoms with E-state index < -0.39 is 11.9 Å². The first-order valence-electron chi connectivity index (χ1n) is 16.5. The van der Waals surface area contributed by atoms with Gasteiger partial charge in [-0.05, 0) is 67.8 Å². The van der Waals surface area contributed by atoms with Crippen LogP contribution >= 0.6 is 0 Å². The first-order chi connectivity index (χ1) is 26.2. The zero-order valence-electron chi connectivity index (χ0n) is 28.7. The summed E-state index contributed by atoms with van der Waals surface area (Å²) in [6.07, 6.45) is 8.98. The summed E-state index contributed by atoms with van der Waals surface area (Å²) in [5, 5.41) is 37.1. The highest BCUT2D eigenvalue weighted by Crippen LogP contribution is 2.37. The Hall–Kier alpha value is -8.04. The predicted octanol–water partition coefficient (Wildman–Crippen LogP) is 9.81. The smallest absolute Gasteiger partial charge is 0.346 e. The van der Waals surface area contributed by atoms with Gasteiger partial charge in [0.25, 0.3) is 0 Å². The van der Waals surface area contributed by atoms with Crippen LogP contribution in [0.1, 0.15) is 67.5 Å². The van der Waals surface area contributed by atoms with Gasteiger partial charge in [-0.15, -0.1) is 0 Å². The van der Waals surface area contributed by atoms with Crippen molar-refractivity contribution in [1.82, 2.24) is 0 Å². The van der Waals surface area contributed by atoms with Gasteiger partial charge in [-0.2, -0.15) is 10.5 Å². The van der Waals surface area contributed by atoms with Crippen molar-refractivity contribution in [3.63, 3.8) is 0 Å². The van der Waals surface area contributed by atoms with E-state index in [-0.39, 0.29) is 23.0 Å². The fourth-order valence-electron chi connectivity index (χ4n) is 6.07. The zero-order chi connectivity index (χ0) is 38.5. The van der Waals surface area contributed by atoms with Crippen LogP contribution in [0.2, 0.25) is 0 Å². The Bertz CT molecular complexity index is 2290. The van der Waals surface area contributed by atoms with E-state index in [0.29, 0.717) is 11.1 Å². The maximum absolute atomic E-state index is 11.4. The fraction of sp³-hybridized carbons (Fsp3) is 0.0435. The summed E-state index contributed by atoms with van der Waals surface area (Å²) in [4.78, 5) is 29.5. The molecule has 5 aromatic rings. The highest BCUT2D eigenvalue weighted by atomic mass is 16.4. The summed E-state index contributed by atoms with van der Waals surface area (Å²) >= 11 is 0. The van der Waals surface area contributed by atoms with Gasteiger partial charge in [0, 0.05) is 11.8 Å². The summed E-state index contributed by atoms with van der Waals surface area (Å²) in [5.41, 5.74) is 8.03. The molecule has 0 fully saturated rings. The minimum Gasteiger partial charge on any atom is -0.477 e. The van der Waals surface area contributed by atoms with E-state index in [4.69, 9.17) is 13.1 Å². The van der Waals surface area contributed by atoms with Crippen molar-refractivity contribution in [1.29, 1.82) is 10.5 Å². The van der Waals surface area contributed by atoms with Gasteiger partial charge in [0.05, 0.1) is 13.1 Å². The molecular formula is C46H30N4O4. The highest BCUT2D eigenvalue weighted by Gasteiger charge is 2.21. The number of carboxylic acid groups (broad SMARTS) is 2. The number of hydrogen-bond acceptors (Lipinski definition) is 4. The van der Waals surface area contributed by atoms with Crippen molar-refractivity contribution < 1.29 is 19.8 Å². The molecule has 5 rings (SSSR count). The molecule has 0 radical (unpaired) electrons. The normalized spacial score (nSPS) is 12.6. The van der Waals surface area contributed by atoms with Crippen molar-refractivity contribution in [2.24, 2.45) is 0 Å². The molecule has 5 aromatic carbocycles. The summed E-state index contributed by atoms with van der Waals surface area (Å²) in [5.74, 6) is -3.05. The van der Waals surface area contributed by atoms with E-state index in [9.17, 15) is 30.3 Å². The Balaban J connectivity index is 1.59. The summed E-state index contributed by atoms with van der Waals surface area (Å²) in [7, 11) is 0. The Morgan fingerprint density at radius 2 is 0.722 bits per heavy atom. The molecule has 0 saturated carbocycles. The van der Waals surface area contributed by atoms with Crippen molar-refractivity contribution in [2.75, 3.05) is 0 Å². The second kappa shape index (κ2) is 17.8. The number of hydrogen-bond donors (Lipinski definition) is 2. The molecule has 0 heterocycles. The summed E-state index contributed by atoms with van der Waals surface area (Å²) in [6.45, 7) is 14.1. The molecule has 258 valence electrons. The van der Waals surface area contributed by atoms with Crippen LogP contribution in [0.5, 0.6) is 0 Å². The summed E-state index contributed by atoms with van der Waals surface area (Å²) in [6, 6.07) is 42.3. The molecule has 0 bridgehead atoms. The average Bonchev–Trinajstić information content (AvgIpc) is 3.20. The first-order valence-corrected chi connectivity index (χ1v) is 16.5. The fourth-order valence-corrected chi connectivity index (χ4v) is 6.07. The maximum Gasteiger partial charge on any atom is 0.346 e. The average molecular weight is 703 g/mol. The highest BCUT2D eigenvalue weighted by molar-refractivity contribution is 5.97. The molecule has 54 heavy (non-hydrogen) atoms. The predicted molar refractivity (Wildman–Crippen MR) is 208 cm³/mol. The zero-order valence-corrected chi connectivity index (χ0v) is 28.7. The van der Waals surface area contributed by atoms with Gasteiger partial charge in [-0.25, -0.2) is 19.3 Å². The molecule has 0 spiro atoms. The largest absolute Gasteiger partial charge is 0.477 e. The maximum atomic E-state index is 11.4. The molecular weight excluding hydrogens is 673 g/mol. The van der Waals surface area contributed by atoms with Gasteiger partial charge in [-0.1, -0.05) is 133 Å². The lowest BCUT2D eigenvalue weighted by Crippen LogP contribution is -2.06. The van der Waals surface area contributed by atoms with Gasteiger partial charge in [0.2, 0.25) is 0 Å². The molecule has 8 heteroatoms. The van der Waals surface area contributed by atoms with E-state index >= 15 is 0 Å². The monoisotopic (exact) mass is 702 g/mol. The van der Waals surface area contributed by atoms with Crippen molar-refractivity contribution in [2.45, 2.75) is 11.8 Å². The lowest BCUT2D eigenvalue weighted by Gasteiger charge is -2.23. The van der Waals surface area contributed by atoms with E-state index in [1.165, 1.54) is 24.6 Å². The van der Waals surface area contributed by atoms with Crippen LogP contribution in [0, 0.1) is 35.8 Å². The van der Waals surface area contributed by atoms with Gasteiger partial charge < -0.3 is 10.2 Å². The molecule has 2 N–H and O–H groups in total. The van der Waals surface area contributed by atoms with Gasteiger partial charge >= 0.3 is 11.9 Å². The molecule has 2 atom stereocenters. The number of rotatable bonds is 12. The number of benzene rings is 5. The minimum atomic E-state index is -1.31. The second-order valence-electron chi connectivity index (χ2n) is 12.0. The third-order valence-corrected chi connectivity index (χ3v) is 8.69. The molecule has 8 nitrogen and oxygen atoms in total. The molecule has 0 saturated heterocycles. The van der Waals surface area contributed by atoms with Crippen LogP contribution in [0.3, 0.4) is 0 Å². The molecule has 0 aliphatic heterocycles. The van der Waals surface area contributed by atoms with Crippen molar-refractivity contribution in [3.05, 3.63) is 223 Å². The quantitative estimate of drug-likeness (QED) is 0.0576. The lowest BCUT2D eigenvalue weighted by molar-refractivity contribution is -0.133. The van der Waals surface area contributed by atoms with E-state index in [0.717, 1.165) is 44.5 Å². The topological polar surface area (TPSA) is 131 Å². The third kappa shape index (κ3) is 9.19. The Morgan fingerprint density at radius 1 is 0.481 bits per heavy atom. The van der Waals surface area contributed by atoms with Crippen molar-refractivity contribution in [3.8, 4) is 12.1 Å². The molecule has 0 amide bonds. The minimum absolute atomic E-state index is 0.139. The van der Waals surface area contributed by atoms with Crippen molar-refractivity contribution >= 4 is 36.2 Å².